The number of nitrogens with zero attached hydrogens (tertiary/aromatic N) is 1. The first kappa shape index (κ1) is 12.2. The van der Waals surface area contributed by atoms with E-state index < -0.39 is 0 Å². The standard InChI is InChI=1S/C15H14N2O/c1-11(17)13-5-7-14(8-6-13)18-15-4-2-3-12(9-15)10-16/h2-9,11H,17H2,1H3/t11-/m0/s1. The lowest BCUT2D eigenvalue weighted by molar-refractivity contribution is 0.482. The molecule has 90 valence electrons. The molecule has 0 unspecified atom stereocenters. The molecule has 0 radical (unpaired) electrons. The average molecular weight is 238 g/mol. The Morgan fingerprint density at radius 1 is 1.11 bits per heavy atom. The lowest BCUT2D eigenvalue weighted by Crippen LogP contribution is -2.04. The fourth-order valence-corrected chi connectivity index (χ4v) is 1.60. The molecular formula is C15H14N2O. The van der Waals surface area contributed by atoms with Crippen LogP contribution >= 0.6 is 0 Å². The van der Waals surface area contributed by atoms with Gasteiger partial charge in [0.15, 0.2) is 0 Å². The van der Waals surface area contributed by atoms with E-state index in [0.29, 0.717) is 11.3 Å². The minimum absolute atomic E-state index is 0.0148. The zero-order valence-corrected chi connectivity index (χ0v) is 10.1. The molecule has 0 aliphatic rings. The molecule has 0 saturated heterocycles. The third-order valence-corrected chi connectivity index (χ3v) is 2.60. The van der Waals surface area contributed by atoms with E-state index in [0.717, 1.165) is 11.3 Å². The highest BCUT2D eigenvalue weighted by atomic mass is 16.5. The van der Waals surface area contributed by atoms with Crippen molar-refractivity contribution in [2.45, 2.75) is 13.0 Å². The Hall–Kier alpha value is -2.31. The molecule has 0 spiro atoms. The third-order valence-electron chi connectivity index (χ3n) is 2.60. The summed E-state index contributed by atoms with van der Waals surface area (Å²) in [6.07, 6.45) is 0. The van der Waals surface area contributed by atoms with Crippen LogP contribution in [0.2, 0.25) is 0 Å². The van der Waals surface area contributed by atoms with E-state index in [1.807, 2.05) is 37.3 Å². The molecule has 0 heterocycles. The first-order chi connectivity index (χ1) is 8.69. The maximum absolute atomic E-state index is 8.81. The Morgan fingerprint density at radius 3 is 2.44 bits per heavy atom. The zero-order valence-electron chi connectivity index (χ0n) is 10.1. The van der Waals surface area contributed by atoms with Gasteiger partial charge in [-0.25, -0.2) is 0 Å². The van der Waals surface area contributed by atoms with Crippen LogP contribution < -0.4 is 10.5 Å². The van der Waals surface area contributed by atoms with Crippen molar-refractivity contribution >= 4 is 0 Å². The van der Waals surface area contributed by atoms with Crippen LogP contribution in [0.3, 0.4) is 0 Å². The zero-order chi connectivity index (χ0) is 13.0. The number of benzene rings is 2. The fraction of sp³-hybridized carbons (Fsp3) is 0.133. The molecule has 3 nitrogen and oxygen atoms in total. The number of ether oxygens (including phenoxy) is 1. The van der Waals surface area contributed by atoms with E-state index in [4.69, 9.17) is 15.7 Å². The van der Waals surface area contributed by atoms with Gasteiger partial charge >= 0.3 is 0 Å². The smallest absolute Gasteiger partial charge is 0.128 e. The van der Waals surface area contributed by atoms with Crippen LogP contribution in [0.5, 0.6) is 11.5 Å². The second-order valence-electron chi connectivity index (χ2n) is 4.10. The molecule has 0 amide bonds. The molecule has 18 heavy (non-hydrogen) atoms. The van der Waals surface area contributed by atoms with E-state index in [9.17, 15) is 0 Å². The number of hydrogen-bond donors (Lipinski definition) is 1. The molecule has 3 heteroatoms. The second-order valence-corrected chi connectivity index (χ2v) is 4.10. The monoisotopic (exact) mass is 238 g/mol. The fourth-order valence-electron chi connectivity index (χ4n) is 1.60. The molecule has 1 atom stereocenters. The summed E-state index contributed by atoms with van der Waals surface area (Å²) in [7, 11) is 0. The minimum atomic E-state index is 0.0148. The van der Waals surface area contributed by atoms with Crippen LogP contribution in [0.15, 0.2) is 48.5 Å². The molecule has 0 aromatic heterocycles. The van der Waals surface area contributed by atoms with Gasteiger partial charge < -0.3 is 10.5 Å². The second kappa shape index (κ2) is 5.35. The third kappa shape index (κ3) is 2.88. The van der Waals surface area contributed by atoms with Gasteiger partial charge in [0.2, 0.25) is 0 Å². The minimum Gasteiger partial charge on any atom is -0.457 e. The quantitative estimate of drug-likeness (QED) is 0.891. The molecular weight excluding hydrogens is 224 g/mol. The van der Waals surface area contributed by atoms with Gasteiger partial charge in [0, 0.05) is 6.04 Å². The van der Waals surface area contributed by atoms with Gasteiger partial charge in [0.1, 0.15) is 11.5 Å². The highest BCUT2D eigenvalue weighted by Gasteiger charge is 2.01. The number of nitrogens with two attached hydrogens (primary N) is 1. The van der Waals surface area contributed by atoms with Crippen molar-refractivity contribution in [2.24, 2.45) is 5.73 Å². The molecule has 0 saturated carbocycles. The van der Waals surface area contributed by atoms with Gasteiger partial charge in [-0.2, -0.15) is 5.26 Å². The summed E-state index contributed by atoms with van der Waals surface area (Å²) in [4.78, 5) is 0. The molecule has 0 aliphatic carbocycles. The lowest BCUT2D eigenvalue weighted by Gasteiger charge is -2.08. The summed E-state index contributed by atoms with van der Waals surface area (Å²) >= 11 is 0. The lowest BCUT2D eigenvalue weighted by atomic mass is 10.1. The van der Waals surface area contributed by atoms with Crippen molar-refractivity contribution in [2.75, 3.05) is 0 Å². The van der Waals surface area contributed by atoms with Gasteiger partial charge in [0.05, 0.1) is 11.6 Å². The van der Waals surface area contributed by atoms with Crippen LogP contribution in [-0.4, -0.2) is 0 Å². The molecule has 0 fully saturated rings. The highest BCUT2D eigenvalue weighted by Crippen LogP contribution is 2.23. The maximum atomic E-state index is 8.81. The molecule has 2 N–H and O–H groups in total. The summed E-state index contributed by atoms with van der Waals surface area (Å²) < 4.78 is 5.66. The number of hydrogen-bond acceptors (Lipinski definition) is 3. The van der Waals surface area contributed by atoms with E-state index in [2.05, 4.69) is 6.07 Å². The molecule has 0 bridgehead atoms. The highest BCUT2D eigenvalue weighted by molar-refractivity contribution is 5.39. The van der Waals surface area contributed by atoms with Gasteiger partial charge in [-0.3, -0.25) is 0 Å². The molecule has 2 aromatic carbocycles. The number of nitriles is 1. The van der Waals surface area contributed by atoms with Crippen molar-refractivity contribution in [3.63, 3.8) is 0 Å². The van der Waals surface area contributed by atoms with Crippen molar-refractivity contribution in [1.82, 2.24) is 0 Å². The first-order valence-corrected chi connectivity index (χ1v) is 5.72. The van der Waals surface area contributed by atoms with Crippen LogP contribution in [0.1, 0.15) is 24.1 Å². The Morgan fingerprint density at radius 2 is 1.83 bits per heavy atom. The summed E-state index contributed by atoms with van der Waals surface area (Å²) in [5, 5.41) is 8.81. The maximum Gasteiger partial charge on any atom is 0.128 e. The summed E-state index contributed by atoms with van der Waals surface area (Å²) in [5.41, 5.74) is 7.42. The Kier molecular flexibility index (Phi) is 3.61. The topological polar surface area (TPSA) is 59.0 Å². The summed E-state index contributed by atoms with van der Waals surface area (Å²) in [6.45, 7) is 1.94. The average Bonchev–Trinajstić information content (AvgIpc) is 2.39. The van der Waals surface area contributed by atoms with E-state index in [1.54, 1.807) is 18.2 Å². The molecule has 2 aromatic rings. The van der Waals surface area contributed by atoms with Crippen molar-refractivity contribution in [3.05, 3.63) is 59.7 Å². The first-order valence-electron chi connectivity index (χ1n) is 5.72. The summed E-state index contributed by atoms with van der Waals surface area (Å²) in [5.74, 6) is 1.39. The van der Waals surface area contributed by atoms with Crippen molar-refractivity contribution < 1.29 is 4.74 Å². The van der Waals surface area contributed by atoms with E-state index >= 15 is 0 Å². The molecule has 2 rings (SSSR count). The van der Waals surface area contributed by atoms with Gasteiger partial charge in [-0.15, -0.1) is 0 Å². The predicted octanol–water partition coefficient (Wildman–Crippen LogP) is 3.37. The Balaban J connectivity index is 2.16. The largest absolute Gasteiger partial charge is 0.457 e. The van der Waals surface area contributed by atoms with Gasteiger partial charge in [0.25, 0.3) is 0 Å². The number of rotatable bonds is 3. The van der Waals surface area contributed by atoms with Gasteiger partial charge in [-0.05, 0) is 42.8 Å². The Labute approximate surface area is 106 Å². The van der Waals surface area contributed by atoms with Crippen LogP contribution in [0, 0.1) is 11.3 Å². The van der Waals surface area contributed by atoms with Crippen LogP contribution in [0.25, 0.3) is 0 Å². The van der Waals surface area contributed by atoms with Crippen LogP contribution in [-0.2, 0) is 0 Å². The summed E-state index contributed by atoms with van der Waals surface area (Å²) in [6, 6.07) is 16.8. The van der Waals surface area contributed by atoms with Crippen LogP contribution in [0.4, 0.5) is 0 Å². The Bertz CT molecular complexity index is 568. The predicted molar refractivity (Wildman–Crippen MR) is 70.3 cm³/mol. The molecule has 0 aliphatic heterocycles. The van der Waals surface area contributed by atoms with Crippen molar-refractivity contribution in [1.29, 1.82) is 5.26 Å². The van der Waals surface area contributed by atoms with Gasteiger partial charge in [-0.1, -0.05) is 18.2 Å². The van der Waals surface area contributed by atoms with E-state index in [1.165, 1.54) is 0 Å². The SMILES string of the molecule is C[C@H](N)c1ccc(Oc2cccc(C#N)c2)cc1. The van der Waals surface area contributed by atoms with E-state index in [-0.39, 0.29) is 6.04 Å². The van der Waals surface area contributed by atoms with Crippen molar-refractivity contribution in [3.8, 4) is 17.6 Å². The normalized spacial score (nSPS) is 11.6.